The van der Waals surface area contributed by atoms with Crippen LogP contribution >= 0.6 is 11.8 Å². The van der Waals surface area contributed by atoms with Gasteiger partial charge in [0.25, 0.3) is 0 Å². The van der Waals surface area contributed by atoms with Crippen LogP contribution in [0.2, 0.25) is 0 Å². The molecule has 1 aliphatic heterocycles. The second kappa shape index (κ2) is 5.33. The average Bonchev–Trinajstić information content (AvgIpc) is 2.93. The number of thioether (sulfide) groups is 1. The molecule has 1 atom stereocenters. The number of carbonyl (C=O) groups is 2. The van der Waals surface area contributed by atoms with Crippen LogP contribution in [-0.4, -0.2) is 26.9 Å². The lowest BCUT2D eigenvalue weighted by molar-refractivity contribution is -0.402. The lowest BCUT2D eigenvalue weighted by Gasteiger charge is -2.15. The van der Waals surface area contributed by atoms with E-state index in [1.807, 2.05) is 0 Å². The largest absolute Gasteiger partial charge is 0.433 e. The van der Waals surface area contributed by atoms with Crippen LogP contribution < -0.4 is 5.32 Å². The van der Waals surface area contributed by atoms with Gasteiger partial charge >= 0.3 is 5.88 Å². The summed E-state index contributed by atoms with van der Waals surface area (Å²) in [5, 5.41) is 17.6. The fourth-order valence-corrected chi connectivity index (χ4v) is 2.61. The lowest BCUT2D eigenvalue weighted by Crippen LogP contribution is -2.25. The minimum absolute atomic E-state index is 0.209. The van der Waals surface area contributed by atoms with E-state index < -0.39 is 16.2 Å². The quantitative estimate of drug-likeness (QED) is 0.647. The van der Waals surface area contributed by atoms with Gasteiger partial charge in [0.1, 0.15) is 10.7 Å². The molecule has 1 aliphatic rings. The summed E-state index contributed by atoms with van der Waals surface area (Å²) in [6.45, 7) is 2.61. The van der Waals surface area contributed by atoms with Gasteiger partial charge in [-0.1, -0.05) is 11.8 Å². The van der Waals surface area contributed by atoms with Crippen molar-refractivity contribution in [2.24, 2.45) is 5.10 Å². The van der Waals surface area contributed by atoms with Crippen LogP contribution in [0.3, 0.4) is 0 Å². The second-order valence-corrected chi connectivity index (χ2v) is 4.92. The molecule has 0 radical (unpaired) electrons. The molecule has 0 aliphatic carbocycles. The summed E-state index contributed by atoms with van der Waals surface area (Å²) >= 11 is 1.06. The summed E-state index contributed by atoms with van der Waals surface area (Å²) in [5.74, 6) is -0.911. The Bertz CT molecular complexity index is 611. The topological polar surface area (TPSA) is 118 Å². The first-order valence-electron chi connectivity index (χ1n) is 5.45. The lowest BCUT2D eigenvalue weighted by atomic mass is 10.4. The van der Waals surface area contributed by atoms with E-state index in [2.05, 4.69) is 10.4 Å². The number of amidine groups is 1. The Morgan fingerprint density at radius 2 is 2.20 bits per heavy atom. The van der Waals surface area contributed by atoms with Crippen molar-refractivity contribution < 1.29 is 18.9 Å². The summed E-state index contributed by atoms with van der Waals surface area (Å²) < 4.78 is 5.06. The molecule has 1 aromatic heterocycles. The average molecular weight is 298 g/mol. The number of furan rings is 1. The maximum atomic E-state index is 11.5. The molecule has 0 fully saturated rings. The monoisotopic (exact) mass is 298 g/mol. The Balaban J connectivity index is 2.24. The number of nitro groups is 1. The van der Waals surface area contributed by atoms with Gasteiger partial charge in [0, 0.05) is 13.8 Å². The molecule has 2 amide bonds. The predicted octanol–water partition coefficient (Wildman–Crippen LogP) is 1.19. The summed E-state index contributed by atoms with van der Waals surface area (Å²) in [6, 6.07) is 2.60. The first-order chi connectivity index (χ1) is 9.38. The normalized spacial score (nSPS) is 17.8. The number of amides is 2. The molecule has 1 N–H and O–H groups in total. The van der Waals surface area contributed by atoms with Crippen molar-refractivity contribution in [3.8, 4) is 0 Å². The SMILES string of the molecule is CC(=O)NC1=NN(C(C)=O)[C@@H](c2ccc([N+](=O)[O-])o2)S1. The third kappa shape index (κ3) is 2.79. The van der Waals surface area contributed by atoms with Gasteiger partial charge < -0.3 is 9.73 Å². The van der Waals surface area contributed by atoms with E-state index in [9.17, 15) is 19.7 Å². The van der Waals surface area contributed by atoms with Crippen LogP contribution in [0.1, 0.15) is 25.0 Å². The van der Waals surface area contributed by atoms with Gasteiger partial charge in [-0.05, 0) is 6.07 Å². The van der Waals surface area contributed by atoms with Crippen molar-refractivity contribution in [2.45, 2.75) is 19.2 Å². The van der Waals surface area contributed by atoms with Crippen LogP contribution in [0.25, 0.3) is 0 Å². The fraction of sp³-hybridized carbons (Fsp3) is 0.300. The minimum Gasteiger partial charge on any atom is -0.403 e. The Kier molecular flexibility index (Phi) is 3.74. The number of hydrogen-bond acceptors (Lipinski definition) is 7. The van der Waals surface area contributed by atoms with Gasteiger partial charge in [-0.15, -0.1) is 5.10 Å². The third-order valence-corrected chi connectivity index (χ3v) is 3.35. The van der Waals surface area contributed by atoms with E-state index >= 15 is 0 Å². The van der Waals surface area contributed by atoms with E-state index in [1.54, 1.807) is 0 Å². The molecule has 2 rings (SSSR count). The minimum atomic E-state index is -0.678. The predicted molar refractivity (Wildman–Crippen MR) is 69.5 cm³/mol. The Labute approximate surface area is 117 Å². The third-order valence-electron chi connectivity index (χ3n) is 2.29. The Morgan fingerprint density at radius 1 is 1.50 bits per heavy atom. The van der Waals surface area contributed by atoms with Crippen molar-refractivity contribution in [2.75, 3.05) is 0 Å². The first-order valence-corrected chi connectivity index (χ1v) is 6.33. The van der Waals surface area contributed by atoms with E-state index in [0.717, 1.165) is 16.8 Å². The molecule has 10 heteroatoms. The maximum Gasteiger partial charge on any atom is 0.433 e. The number of hydrogen-bond donors (Lipinski definition) is 1. The smallest absolute Gasteiger partial charge is 0.403 e. The molecule has 0 unspecified atom stereocenters. The number of nitrogens with zero attached hydrogens (tertiary/aromatic N) is 3. The number of hydrazone groups is 1. The second-order valence-electron chi connectivity index (χ2n) is 3.85. The van der Waals surface area contributed by atoms with E-state index in [4.69, 9.17) is 4.42 Å². The zero-order valence-corrected chi connectivity index (χ0v) is 11.3. The van der Waals surface area contributed by atoms with Gasteiger partial charge in [0.05, 0.1) is 6.07 Å². The molecule has 0 bridgehead atoms. The highest BCUT2D eigenvalue weighted by Crippen LogP contribution is 2.40. The Hall–Kier alpha value is -2.36. The molecular formula is C10H10N4O5S. The summed E-state index contributed by atoms with van der Waals surface area (Å²) in [7, 11) is 0. The molecule has 20 heavy (non-hydrogen) atoms. The molecule has 0 aromatic carbocycles. The van der Waals surface area contributed by atoms with Gasteiger partial charge in [-0.3, -0.25) is 19.7 Å². The molecule has 1 aromatic rings. The van der Waals surface area contributed by atoms with E-state index in [0.29, 0.717) is 0 Å². The van der Waals surface area contributed by atoms with Crippen LogP contribution in [0.5, 0.6) is 0 Å². The first kappa shape index (κ1) is 14.1. The van der Waals surface area contributed by atoms with Crippen molar-refractivity contribution in [1.82, 2.24) is 10.3 Å². The van der Waals surface area contributed by atoms with Crippen LogP contribution in [0, 0.1) is 10.1 Å². The summed E-state index contributed by atoms with van der Waals surface area (Å²) in [5.41, 5.74) is 0. The van der Waals surface area contributed by atoms with Crippen molar-refractivity contribution in [3.05, 3.63) is 28.0 Å². The number of rotatable bonds is 2. The van der Waals surface area contributed by atoms with Crippen molar-refractivity contribution in [1.29, 1.82) is 0 Å². The van der Waals surface area contributed by atoms with Gasteiger partial charge in [-0.25, -0.2) is 5.01 Å². The van der Waals surface area contributed by atoms with E-state index in [-0.39, 0.29) is 22.7 Å². The van der Waals surface area contributed by atoms with Gasteiger partial charge in [0.2, 0.25) is 11.8 Å². The highest BCUT2D eigenvalue weighted by molar-refractivity contribution is 8.14. The molecule has 106 valence electrons. The highest BCUT2D eigenvalue weighted by atomic mass is 32.2. The van der Waals surface area contributed by atoms with Crippen LogP contribution in [0.4, 0.5) is 5.88 Å². The van der Waals surface area contributed by atoms with Crippen LogP contribution in [0.15, 0.2) is 21.7 Å². The number of nitrogens with one attached hydrogen (secondary N) is 1. The van der Waals surface area contributed by atoms with E-state index in [1.165, 1.54) is 26.0 Å². The van der Waals surface area contributed by atoms with Gasteiger partial charge in [-0.2, -0.15) is 0 Å². The zero-order valence-electron chi connectivity index (χ0n) is 10.5. The molecule has 0 saturated carbocycles. The summed E-state index contributed by atoms with van der Waals surface area (Å²) in [4.78, 5) is 32.4. The molecular weight excluding hydrogens is 288 g/mol. The molecule has 9 nitrogen and oxygen atoms in total. The molecule has 0 spiro atoms. The molecule has 0 saturated heterocycles. The maximum absolute atomic E-state index is 11.5. The molecule has 2 heterocycles. The zero-order chi connectivity index (χ0) is 14.9. The highest BCUT2D eigenvalue weighted by Gasteiger charge is 2.35. The van der Waals surface area contributed by atoms with Crippen LogP contribution in [-0.2, 0) is 9.59 Å². The summed E-state index contributed by atoms with van der Waals surface area (Å²) in [6.07, 6.45) is 0. The van der Waals surface area contributed by atoms with Crippen molar-refractivity contribution in [3.63, 3.8) is 0 Å². The number of carbonyl (C=O) groups excluding carboxylic acids is 2. The Morgan fingerprint density at radius 3 is 2.70 bits per heavy atom. The van der Waals surface area contributed by atoms with Gasteiger partial charge in [0.15, 0.2) is 10.5 Å². The fourth-order valence-electron chi connectivity index (χ4n) is 1.52. The van der Waals surface area contributed by atoms with Crippen molar-refractivity contribution >= 4 is 34.6 Å². The standard InChI is InChI=1S/C10H10N4O5S/c1-5(15)11-10-12-13(6(2)16)9(20-10)7-3-4-8(19-7)14(17)18/h3-4,9H,1-2H3,(H,11,12,15)/t9-/m1/s1.